The van der Waals surface area contributed by atoms with Crippen LogP contribution < -0.4 is 4.74 Å². The van der Waals surface area contributed by atoms with Crippen LogP contribution in [0.5, 0.6) is 5.75 Å². The third-order valence-electron chi connectivity index (χ3n) is 5.42. The number of rotatable bonds is 4. The number of likely N-dealkylation sites (tertiary alicyclic amines) is 1. The van der Waals surface area contributed by atoms with Crippen molar-refractivity contribution < 1.29 is 19.0 Å². The fourth-order valence-corrected chi connectivity index (χ4v) is 3.82. The highest BCUT2D eigenvalue weighted by molar-refractivity contribution is 5.84. The van der Waals surface area contributed by atoms with Gasteiger partial charge in [-0.3, -0.25) is 9.69 Å². The zero-order valence-corrected chi connectivity index (χ0v) is 14.8. The lowest BCUT2D eigenvalue weighted by atomic mass is 10.0. The second-order valence-corrected chi connectivity index (χ2v) is 7.04. The number of para-hydroxylation sites is 1. The Labute approximate surface area is 148 Å². The van der Waals surface area contributed by atoms with Gasteiger partial charge in [0.1, 0.15) is 11.8 Å². The van der Waals surface area contributed by atoms with Gasteiger partial charge in [0.2, 0.25) is 5.91 Å². The van der Waals surface area contributed by atoms with Crippen molar-refractivity contribution in [2.24, 2.45) is 0 Å². The molecule has 1 aromatic carbocycles. The van der Waals surface area contributed by atoms with E-state index < -0.39 is 5.79 Å². The Morgan fingerprint density at radius 3 is 2.68 bits per heavy atom. The lowest BCUT2D eigenvalue weighted by Gasteiger charge is -2.43. The Hall–Kier alpha value is -1.63. The van der Waals surface area contributed by atoms with E-state index in [1.54, 1.807) is 7.11 Å². The van der Waals surface area contributed by atoms with Crippen LogP contribution in [-0.2, 0) is 20.8 Å². The SMILES string of the molecule is COc1ccccc1CN1CC1C(=O)N1CCC2(CC1)OCCCO2. The van der Waals surface area contributed by atoms with Crippen molar-refractivity contribution in [2.75, 3.05) is 40.0 Å². The quantitative estimate of drug-likeness (QED) is 0.776. The molecular formula is C19H26N2O4. The van der Waals surface area contributed by atoms with E-state index in [9.17, 15) is 4.79 Å². The van der Waals surface area contributed by atoms with Crippen LogP contribution in [0.4, 0.5) is 0 Å². The van der Waals surface area contributed by atoms with E-state index in [-0.39, 0.29) is 11.9 Å². The number of hydrogen-bond donors (Lipinski definition) is 0. The maximum absolute atomic E-state index is 12.8. The minimum Gasteiger partial charge on any atom is -0.496 e. The van der Waals surface area contributed by atoms with Crippen molar-refractivity contribution in [3.63, 3.8) is 0 Å². The van der Waals surface area contributed by atoms with Crippen LogP contribution in [0.3, 0.4) is 0 Å². The van der Waals surface area contributed by atoms with E-state index >= 15 is 0 Å². The molecule has 0 radical (unpaired) electrons. The first-order valence-electron chi connectivity index (χ1n) is 9.13. The molecule has 4 rings (SSSR count). The number of carbonyl (C=O) groups excluding carboxylic acids is 1. The van der Waals surface area contributed by atoms with Crippen molar-refractivity contribution >= 4 is 5.91 Å². The van der Waals surface area contributed by atoms with Crippen molar-refractivity contribution in [1.29, 1.82) is 0 Å². The average molecular weight is 346 g/mol. The maximum atomic E-state index is 12.8. The van der Waals surface area contributed by atoms with Crippen molar-refractivity contribution in [3.8, 4) is 5.75 Å². The minimum atomic E-state index is -0.435. The van der Waals surface area contributed by atoms with Crippen LogP contribution in [0, 0.1) is 0 Å². The van der Waals surface area contributed by atoms with E-state index in [1.165, 1.54) is 0 Å². The third kappa shape index (κ3) is 3.52. The predicted octanol–water partition coefficient (Wildman–Crippen LogP) is 1.64. The number of hydrogen-bond acceptors (Lipinski definition) is 5. The topological polar surface area (TPSA) is 51.0 Å². The molecule has 3 saturated heterocycles. The average Bonchev–Trinajstić information content (AvgIpc) is 3.42. The van der Waals surface area contributed by atoms with Crippen LogP contribution in [0.15, 0.2) is 24.3 Å². The van der Waals surface area contributed by atoms with E-state index in [0.717, 1.165) is 70.0 Å². The second kappa shape index (κ2) is 6.94. The number of ether oxygens (including phenoxy) is 3. The molecule has 2 atom stereocenters. The fourth-order valence-electron chi connectivity index (χ4n) is 3.82. The minimum absolute atomic E-state index is 0.00662. The number of benzene rings is 1. The monoisotopic (exact) mass is 346 g/mol. The van der Waals surface area contributed by atoms with Crippen molar-refractivity contribution in [1.82, 2.24) is 9.80 Å². The van der Waals surface area contributed by atoms with Crippen molar-refractivity contribution in [3.05, 3.63) is 29.8 Å². The molecule has 2 unspecified atom stereocenters. The molecule has 0 N–H and O–H groups in total. The highest BCUT2D eigenvalue weighted by Gasteiger charge is 2.46. The molecule has 25 heavy (non-hydrogen) atoms. The fraction of sp³-hybridized carbons (Fsp3) is 0.632. The lowest BCUT2D eigenvalue weighted by molar-refractivity contribution is -0.282. The van der Waals surface area contributed by atoms with Gasteiger partial charge in [-0.25, -0.2) is 0 Å². The summed E-state index contributed by atoms with van der Waals surface area (Å²) in [6.45, 7) is 4.55. The van der Waals surface area contributed by atoms with Gasteiger partial charge in [-0.1, -0.05) is 18.2 Å². The van der Waals surface area contributed by atoms with Crippen LogP contribution in [0.2, 0.25) is 0 Å². The summed E-state index contributed by atoms with van der Waals surface area (Å²) in [6.07, 6.45) is 2.51. The molecule has 0 saturated carbocycles. The van der Waals surface area contributed by atoms with Crippen LogP contribution in [-0.4, -0.2) is 67.5 Å². The number of nitrogens with zero attached hydrogens (tertiary/aromatic N) is 2. The van der Waals surface area contributed by atoms with Gasteiger partial charge in [-0.15, -0.1) is 0 Å². The molecule has 1 spiro atoms. The number of carbonyl (C=O) groups is 1. The smallest absolute Gasteiger partial charge is 0.241 e. The van der Waals surface area contributed by atoms with Gasteiger partial charge in [-0.05, 0) is 12.5 Å². The van der Waals surface area contributed by atoms with Gasteiger partial charge in [0.15, 0.2) is 5.79 Å². The number of amides is 1. The van der Waals surface area contributed by atoms with Gasteiger partial charge >= 0.3 is 0 Å². The molecule has 1 aromatic rings. The molecule has 3 aliphatic rings. The molecular weight excluding hydrogens is 320 g/mol. The molecule has 1 amide bonds. The third-order valence-corrected chi connectivity index (χ3v) is 5.42. The summed E-state index contributed by atoms with van der Waals surface area (Å²) >= 11 is 0. The van der Waals surface area contributed by atoms with Gasteiger partial charge in [0, 0.05) is 44.6 Å². The molecule has 3 aliphatic heterocycles. The predicted molar refractivity (Wildman–Crippen MR) is 92.3 cm³/mol. The van der Waals surface area contributed by atoms with Crippen molar-refractivity contribution in [2.45, 2.75) is 37.6 Å². The normalized spacial score (nSPS) is 28.0. The largest absolute Gasteiger partial charge is 0.496 e. The van der Waals surface area contributed by atoms with Crippen LogP contribution in [0.25, 0.3) is 0 Å². The lowest BCUT2D eigenvalue weighted by Crippen LogP contribution is -2.52. The summed E-state index contributed by atoms with van der Waals surface area (Å²) in [5, 5.41) is 0. The summed E-state index contributed by atoms with van der Waals surface area (Å²) in [5.41, 5.74) is 1.13. The molecule has 0 bridgehead atoms. The van der Waals surface area contributed by atoms with Gasteiger partial charge in [0.05, 0.1) is 20.3 Å². The van der Waals surface area contributed by atoms with E-state index in [2.05, 4.69) is 11.0 Å². The number of piperidine rings is 1. The molecule has 0 aromatic heterocycles. The summed E-state index contributed by atoms with van der Waals surface area (Å²) in [6, 6.07) is 8.00. The number of methoxy groups -OCH3 is 1. The Kier molecular flexibility index (Phi) is 4.67. The van der Waals surface area contributed by atoms with Gasteiger partial charge in [0.25, 0.3) is 0 Å². The molecule has 3 fully saturated rings. The molecule has 6 nitrogen and oxygen atoms in total. The standard InChI is InChI=1S/C19H26N2O4/c1-23-17-6-3-2-5-15(17)13-21-14-16(21)18(22)20-9-7-19(8-10-20)24-11-4-12-25-19/h2-3,5-6,16H,4,7-14H2,1H3. The summed E-state index contributed by atoms with van der Waals surface area (Å²) in [4.78, 5) is 16.9. The first-order valence-corrected chi connectivity index (χ1v) is 9.13. The van der Waals surface area contributed by atoms with Crippen LogP contribution in [0.1, 0.15) is 24.8 Å². The Morgan fingerprint density at radius 1 is 1.24 bits per heavy atom. The second-order valence-electron chi connectivity index (χ2n) is 7.04. The van der Waals surface area contributed by atoms with Gasteiger partial charge < -0.3 is 19.1 Å². The van der Waals surface area contributed by atoms with Gasteiger partial charge in [-0.2, -0.15) is 0 Å². The Balaban J connectivity index is 1.30. The Morgan fingerprint density at radius 2 is 1.96 bits per heavy atom. The first-order chi connectivity index (χ1) is 12.2. The molecule has 136 valence electrons. The summed E-state index contributed by atoms with van der Waals surface area (Å²) in [5.74, 6) is 0.683. The summed E-state index contributed by atoms with van der Waals surface area (Å²) < 4.78 is 17.1. The maximum Gasteiger partial charge on any atom is 0.241 e. The van der Waals surface area contributed by atoms with E-state index in [0.29, 0.717) is 0 Å². The van der Waals surface area contributed by atoms with E-state index in [4.69, 9.17) is 14.2 Å². The summed E-state index contributed by atoms with van der Waals surface area (Å²) in [7, 11) is 1.68. The zero-order chi connectivity index (χ0) is 17.3. The highest BCUT2D eigenvalue weighted by atomic mass is 16.7. The zero-order valence-electron chi connectivity index (χ0n) is 14.8. The highest BCUT2D eigenvalue weighted by Crippen LogP contribution is 2.33. The molecule has 0 aliphatic carbocycles. The van der Waals surface area contributed by atoms with Crippen LogP contribution >= 0.6 is 0 Å². The van der Waals surface area contributed by atoms with E-state index in [1.807, 2.05) is 23.1 Å². The first kappa shape index (κ1) is 16.8. The molecule has 3 heterocycles. The Bertz CT molecular complexity index is 620. The molecule has 6 heteroatoms.